The molecular formula is C23H31F6NO3. The van der Waals surface area contributed by atoms with Crippen molar-refractivity contribution >= 4 is 5.97 Å². The van der Waals surface area contributed by atoms with Gasteiger partial charge < -0.3 is 9.84 Å². The average molecular weight is 483 g/mol. The molecule has 1 N–H and O–H groups in total. The van der Waals surface area contributed by atoms with Gasteiger partial charge in [-0.25, -0.2) is 0 Å². The van der Waals surface area contributed by atoms with E-state index in [0.717, 1.165) is 6.42 Å². The molecule has 1 aliphatic heterocycles. The van der Waals surface area contributed by atoms with Gasteiger partial charge in [0.1, 0.15) is 5.75 Å². The van der Waals surface area contributed by atoms with Gasteiger partial charge >= 0.3 is 18.5 Å². The summed E-state index contributed by atoms with van der Waals surface area (Å²) < 4.78 is 80.4. The lowest BCUT2D eigenvalue weighted by atomic mass is 9.83. The first kappa shape index (κ1) is 27.3. The van der Waals surface area contributed by atoms with Crippen LogP contribution in [0.5, 0.6) is 5.75 Å². The number of ether oxygens (including phenoxy) is 1. The number of carboxylic acid groups (broad SMARTS) is 1. The molecule has 0 saturated carbocycles. The lowest BCUT2D eigenvalue weighted by Crippen LogP contribution is -2.44. The Bertz CT molecular complexity index is 748. The summed E-state index contributed by atoms with van der Waals surface area (Å²) in [5.41, 5.74) is 0.640. The highest BCUT2D eigenvalue weighted by molar-refractivity contribution is 5.67. The lowest BCUT2D eigenvalue weighted by molar-refractivity contribution is -0.274. The maximum Gasteiger partial charge on any atom is 0.573 e. The summed E-state index contributed by atoms with van der Waals surface area (Å²) in [6, 6.07) is 4.57. The average Bonchev–Trinajstić information content (AvgIpc) is 2.66. The van der Waals surface area contributed by atoms with Crippen LogP contribution in [0.1, 0.15) is 70.4 Å². The molecule has 0 amide bonds. The number of hydrogen-bond donors (Lipinski definition) is 1. The molecule has 1 heterocycles. The Balaban J connectivity index is 2.29. The molecule has 33 heavy (non-hydrogen) atoms. The van der Waals surface area contributed by atoms with Gasteiger partial charge in [-0.3, -0.25) is 9.69 Å². The Morgan fingerprint density at radius 2 is 1.73 bits per heavy atom. The Hall–Kier alpha value is -1.97. The largest absolute Gasteiger partial charge is 0.573 e. The highest BCUT2D eigenvalue weighted by Gasteiger charge is 2.37. The van der Waals surface area contributed by atoms with E-state index >= 15 is 0 Å². The second kappa shape index (κ2) is 11.4. The number of halogens is 6. The van der Waals surface area contributed by atoms with Crippen LogP contribution in [0.3, 0.4) is 0 Å². The number of rotatable bonds is 10. The van der Waals surface area contributed by atoms with Crippen LogP contribution >= 0.6 is 0 Å². The SMILES string of the molecule is CC(C)CC[C@H](CCC(F)(F)F)N1CC[C@@H](CC(=O)O)C[C@H]1c1ccc(OC(F)(F)F)cc1. The smallest absolute Gasteiger partial charge is 0.481 e. The molecule has 3 atom stereocenters. The monoisotopic (exact) mass is 483 g/mol. The summed E-state index contributed by atoms with van der Waals surface area (Å²) in [5, 5.41) is 9.20. The van der Waals surface area contributed by atoms with Crippen LogP contribution in [0.15, 0.2) is 24.3 Å². The van der Waals surface area contributed by atoms with Crippen molar-refractivity contribution in [3.05, 3.63) is 29.8 Å². The van der Waals surface area contributed by atoms with E-state index in [2.05, 4.69) is 4.74 Å². The third kappa shape index (κ3) is 9.81. The highest BCUT2D eigenvalue weighted by Crippen LogP contribution is 2.40. The number of nitrogens with zero attached hydrogens (tertiary/aromatic N) is 1. The van der Waals surface area contributed by atoms with Gasteiger partial charge in [-0.2, -0.15) is 13.2 Å². The fraction of sp³-hybridized carbons (Fsp3) is 0.696. The quantitative estimate of drug-likeness (QED) is 0.366. The highest BCUT2D eigenvalue weighted by atomic mass is 19.4. The molecule has 1 fully saturated rings. The van der Waals surface area contributed by atoms with Gasteiger partial charge in [0.2, 0.25) is 0 Å². The van der Waals surface area contributed by atoms with Crippen LogP contribution in [-0.2, 0) is 4.79 Å². The van der Waals surface area contributed by atoms with Crippen molar-refractivity contribution in [2.45, 2.75) is 83.4 Å². The van der Waals surface area contributed by atoms with Crippen molar-refractivity contribution in [1.82, 2.24) is 4.90 Å². The van der Waals surface area contributed by atoms with Gasteiger partial charge in [-0.15, -0.1) is 13.2 Å². The molecule has 0 radical (unpaired) electrons. The van der Waals surface area contributed by atoms with E-state index in [0.29, 0.717) is 37.3 Å². The van der Waals surface area contributed by atoms with E-state index in [9.17, 15) is 36.2 Å². The summed E-state index contributed by atoms with van der Waals surface area (Å²) in [7, 11) is 0. The third-order valence-corrected chi connectivity index (χ3v) is 6.02. The zero-order valence-corrected chi connectivity index (χ0v) is 18.8. The minimum Gasteiger partial charge on any atom is -0.481 e. The number of likely N-dealkylation sites (tertiary alicyclic amines) is 1. The van der Waals surface area contributed by atoms with E-state index in [4.69, 9.17) is 0 Å². The molecule has 0 aromatic heterocycles. The Kier molecular flexibility index (Phi) is 9.46. The summed E-state index contributed by atoms with van der Waals surface area (Å²) in [6.07, 6.45) is -7.92. The Morgan fingerprint density at radius 1 is 1.09 bits per heavy atom. The van der Waals surface area contributed by atoms with Gasteiger partial charge in [0.25, 0.3) is 0 Å². The molecule has 188 valence electrons. The van der Waals surface area contributed by atoms with Crippen LogP contribution in [0.4, 0.5) is 26.3 Å². The normalized spacial score (nSPS) is 21.2. The maximum atomic E-state index is 13.0. The van der Waals surface area contributed by atoms with E-state index in [1.54, 1.807) is 0 Å². The number of carbonyl (C=O) groups is 1. The minimum absolute atomic E-state index is 0.0567. The van der Waals surface area contributed by atoms with Crippen molar-refractivity contribution in [3.63, 3.8) is 0 Å². The number of aliphatic carboxylic acids is 1. The Labute approximate surface area is 189 Å². The zero-order chi connectivity index (χ0) is 24.8. The summed E-state index contributed by atoms with van der Waals surface area (Å²) >= 11 is 0. The van der Waals surface area contributed by atoms with Gasteiger partial charge in [0.15, 0.2) is 0 Å². The molecule has 2 rings (SSSR count). The fourth-order valence-corrected chi connectivity index (χ4v) is 4.48. The van der Waals surface area contributed by atoms with Crippen molar-refractivity contribution in [1.29, 1.82) is 0 Å². The molecule has 1 aromatic rings. The summed E-state index contributed by atoms with van der Waals surface area (Å²) in [5.74, 6) is -1.19. The predicted octanol–water partition coefficient (Wildman–Crippen LogP) is 6.96. The molecular weight excluding hydrogens is 452 g/mol. The van der Waals surface area contributed by atoms with Gasteiger partial charge in [-0.1, -0.05) is 26.0 Å². The van der Waals surface area contributed by atoms with E-state index < -0.39 is 24.9 Å². The van der Waals surface area contributed by atoms with Crippen LogP contribution in [0.25, 0.3) is 0 Å². The third-order valence-electron chi connectivity index (χ3n) is 6.02. The number of carboxylic acids is 1. The number of hydrogen-bond acceptors (Lipinski definition) is 3. The number of piperidine rings is 1. The second-order valence-electron chi connectivity index (χ2n) is 9.14. The zero-order valence-electron chi connectivity index (χ0n) is 18.8. The van der Waals surface area contributed by atoms with Crippen molar-refractivity contribution in [2.75, 3.05) is 6.54 Å². The van der Waals surface area contributed by atoms with E-state index in [-0.39, 0.29) is 36.6 Å². The minimum atomic E-state index is -4.83. The van der Waals surface area contributed by atoms with Crippen LogP contribution in [0, 0.1) is 11.8 Å². The molecule has 1 aromatic carbocycles. The van der Waals surface area contributed by atoms with Crippen LogP contribution in [0.2, 0.25) is 0 Å². The first-order valence-corrected chi connectivity index (χ1v) is 11.1. The van der Waals surface area contributed by atoms with Gasteiger partial charge in [-0.05, 0) is 68.2 Å². The van der Waals surface area contributed by atoms with Crippen LogP contribution in [-0.4, -0.2) is 41.1 Å². The van der Waals surface area contributed by atoms with Crippen molar-refractivity contribution in [3.8, 4) is 5.75 Å². The Morgan fingerprint density at radius 3 is 2.24 bits per heavy atom. The van der Waals surface area contributed by atoms with Gasteiger partial charge in [0.05, 0.1) is 0 Å². The molecule has 0 unspecified atom stereocenters. The number of alkyl halides is 6. The van der Waals surface area contributed by atoms with Crippen molar-refractivity contribution in [2.24, 2.45) is 11.8 Å². The molecule has 1 saturated heterocycles. The molecule has 0 bridgehead atoms. The van der Waals surface area contributed by atoms with E-state index in [1.807, 2.05) is 18.7 Å². The molecule has 0 spiro atoms. The molecule has 4 nitrogen and oxygen atoms in total. The standard InChI is InChI=1S/C23H31F6NO3/c1-15(2)3-6-18(9-11-22(24,25)26)30-12-10-16(14-21(31)32)13-20(30)17-4-7-19(8-5-17)33-23(27,28)29/h4-5,7-8,15-16,18,20H,3,6,9-14H2,1-2H3,(H,31,32)/t16-,18-,20+/m1/s1. The molecule has 10 heteroatoms. The van der Waals surface area contributed by atoms with Crippen molar-refractivity contribution < 1.29 is 41.0 Å². The first-order chi connectivity index (χ1) is 15.2. The second-order valence-corrected chi connectivity index (χ2v) is 9.14. The topological polar surface area (TPSA) is 49.8 Å². The fourth-order valence-electron chi connectivity index (χ4n) is 4.48. The molecule has 0 aliphatic carbocycles. The first-order valence-electron chi connectivity index (χ1n) is 11.1. The lowest BCUT2D eigenvalue weighted by Gasteiger charge is -2.44. The van der Waals surface area contributed by atoms with Gasteiger partial charge in [0, 0.05) is 24.9 Å². The number of benzene rings is 1. The molecule has 1 aliphatic rings. The predicted molar refractivity (Wildman–Crippen MR) is 111 cm³/mol. The van der Waals surface area contributed by atoms with E-state index in [1.165, 1.54) is 24.3 Å². The summed E-state index contributed by atoms with van der Waals surface area (Å²) in [4.78, 5) is 13.2. The van der Waals surface area contributed by atoms with Crippen LogP contribution < -0.4 is 4.74 Å². The maximum absolute atomic E-state index is 13.0. The summed E-state index contributed by atoms with van der Waals surface area (Å²) in [6.45, 7) is 4.43.